The van der Waals surface area contributed by atoms with Crippen LogP contribution in [0.3, 0.4) is 0 Å². The minimum absolute atomic E-state index is 0.168. The number of nitrogens with one attached hydrogen (secondary N) is 2. The van der Waals surface area contributed by atoms with Crippen LogP contribution in [0.25, 0.3) is 0 Å². The summed E-state index contributed by atoms with van der Waals surface area (Å²) in [6.45, 7) is 5.79. The summed E-state index contributed by atoms with van der Waals surface area (Å²) in [4.78, 5) is 25.0. The molecule has 1 spiro atoms. The van der Waals surface area contributed by atoms with Crippen molar-refractivity contribution in [3.63, 3.8) is 0 Å². The van der Waals surface area contributed by atoms with E-state index in [1.807, 2.05) is 0 Å². The van der Waals surface area contributed by atoms with Gasteiger partial charge in [-0.25, -0.2) is 4.79 Å². The summed E-state index contributed by atoms with van der Waals surface area (Å²) in [7, 11) is 0. The van der Waals surface area contributed by atoms with Crippen molar-refractivity contribution in [2.24, 2.45) is 0 Å². The Labute approximate surface area is 89.2 Å². The van der Waals surface area contributed by atoms with E-state index in [0.29, 0.717) is 12.6 Å². The van der Waals surface area contributed by atoms with Gasteiger partial charge in [-0.1, -0.05) is 6.92 Å². The van der Waals surface area contributed by atoms with Crippen LogP contribution in [-0.2, 0) is 4.79 Å². The quantitative estimate of drug-likeness (QED) is 0.635. The highest BCUT2D eigenvalue weighted by Gasteiger charge is 2.50. The summed E-state index contributed by atoms with van der Waals surface area (Å²) in [6.07, 6.45) is 1.78. The number of amides is 3. The zero-order valence-corrected chi connectivity index (χ0v) is 9.17. The summed E-state index contributed by atoms with van der Waals surface area (Å²) in [5.74, 6) is -0.168. The molecule has 0 aromatic heterocycles. The van der Waals surface area contributed by atoms with E-state index < -0.39 is 5.54 Å². The Morgan fingerprint density at radius 3 is 2.80 bits per heavy atom. The van der Waals surface area contributed by atoms with Gasteiger partial charge in [-0.2, -0.15) is 0 Å². The standard InChI is InChI=1S/C10H17N3O2/c1-3-7(2)13-5-4-10(6-13)8(14)11-9(15)12-10/h7H,3-6H2,1-2H3,(H2,11,12,14,15). The van der Waals surface area contributed by atoms with Gasteiger partial charge in [0.1, 0.15) is 5.54 Å². The normalized spacial score (nSPS) is 33.2. The minimum atomic E-state index is -0.652. The number of nitrogens with zero attached hydrogens (tertiary/aromatic N) is 1. The fraction of sp³-hybridized carbons (Fsp3) is 0.800. The van der Waals surface area contributed by atoms with Crippen molar-refractivity contribution in [3.05, 3.63) is 0 Å². The molecule has 2 aliphatic rings. The molecule has 5 nitrogen and oxygen atoms in total. The molecule has 2 aliphatic heterocycles. The first-order valence-electron chi connectivity index (χ1n) is 5.45. The summed E-state index contributed by atoms with van der Waals surface area (Å²) in [6, 6.07) is 0.112. The smallest absolute Gasteiger partial charge is 0.322 e. The number of imide groups is 1. The molecule has 0 bridgehead atoms. The third kappa shape index (κ3) is 1.61. The molecule has 0 aromatic rings. The van der Waals surface area contributed by atoms with E-state index in [9.17, 15) is 9.59 Å². The van der Waals surface area contributed by atoms with Crippen molar-refractivity contribution in [1.82, 2.24) is 15.5 Å². The Bertz CT molecular complexity index is 305. The van der Waals surface area contributed by atoms with Gasteiger partial charge in [-0.15, -0.1) is 0 Å². The van der Waals surface area contributed by atoms with E-state index in [4.69, 9.17) is 0 Å². The molecule has 2 heterocycles. The number of likely N-dealkylation sites (tertiary alicyclic amines) is 1. The Morgan fingerprint density at radius 2 is 2.27 bits per heavy atom. The highest BCUT2D eigenvalue weighted by molar-refractivity contribution is 6.07. The predicted octanol–water partition coefficient (Wildman–Crippen LogP) is 0.0688. The summed E-state index contributed by atoms with van der Waals surface area (Å²) < 4.78 is 0. The maximum atomic E-state index is 11.6. The second-order valence-corrected chi connectivity index (χ2v) is 4.47. The van der Waals surface area contributed by atoms with Gasteiger partial charge in [0, 0.05) is 19.1 Å². The van der Waals surface area contributed by atoms with E-state index in [-0.39, 0.29) is 11.9 Å². The van der Waals surface area contributed by atoms with Crippen molar-refractivity contribution in [2.45, 2.75) is 38.3 Å². The first kappa shape index (κ1) is 10.4. The van der Waals surface area contributed by atoms with Crippen LogP contribution >= 0.6 is 0 Å². The number of hydrogen-bond donors (Lipinski definition) is 2. The molecule has 0 aliphatic carbocycles. The van der Waals surface area contributed by atoms with E-state index in [1.54, 1.807) is 0 Å². The maximum absolute atomic E-state index is 11.6. The molecule has 2 saturated heterocycles. The van der Waals surface area contributed by atoms with Crippen LogP contribution in [0.4, 0.5) is 4.79 Å². The fourth-order valence-corrected chi connectivity index (χ4v) is 2.29. The molecule has 0 radical (unpaired) electrons. The summed E-state index contributed by atoms with van der Waals surface area (Å²) in [5, 5.41) is 5.06. The van der Waals surface area contributed by atoms with Crippen LogP contribution in [0.2, 0.25) is 0 Å². The molecule has 3 amide bonds. The van der Waals surface area contributed by atoms with Crippen molar-refractivity contribution < 1.29 is 9.59 Å². The first-order valence-corrected chi connectivity index (χ1v) is 5.45. The van der Waals surface area contributed by atoms with Crippen LogP contribution in [0, 0.1) is 0 Å². The van der Waals surface area contributed by atoms with Crippen LogP contribution < -0.4 is 10.6 Å². The SMILES string of the molecule is CCC(C)N1CCC2(C1)NC(=O)NC2=O. The summed E-state index contributed by atoms with van der Waals surface area (Å²) >= 11 is 0. The highest BCUT2D eigenvalue weighted by atomic mass is 16.2. The average molecular weight is 211 g/mol. The second-order valence-electron chi connectivity index (χ2n) is 4.47. The molecule has 0 aromatic carbocycles. The largest absolute Gasteiger partial charge is 0.322 e. The molecule has 2 atom stereocenters. The lowest BCUT2D eigenvalue weighted by molar-refractivity contribution is -0.123. The van der Waals surface area contributed by atoms with Crippen LogP contribution in [0.5, 0.6) is 0 Å². The average Bonchev–Trinajstić information content (AvgIpc) is 2.72. The van der Waals surface area contributed by atoms with E-state index in [1.165, 1.54) is 0 Å². The Balaban J connectivity index is 2.08. The van der Waals surface area contributed by atoms with Gasteiger partial charge in [0.2, 0.25) is 0 Å². The molecular formula is C10H17N3O2. The molecule has 2 unspecified atom stereocenters. The van der Waals surface area contributed by atoms with Crippen molar-refractivity contribution in [3.8, 4) is 0 Å². The van der Waals surface area contributed by atoms with E-state index >= 15 is 0 Å². The van der Waals surface area contributed by atoms with Crippen LogP contribution in [0.15, 0.2) is 0 Å². The number of carbonyl (C=O) groups excluding carboxylic acids is 2. The third-order valence-corrected chi connectivity index (χ3v) is 3.53. The van der Waals surface area contributed by atoms with E-state index in [2.05, 4.69) is 29.4 Å². The van der Waals surface area contributed by atoms with Gasteiger partial charge in [0.15, 0.2) is 0 Å². The monoisotopic (exact) mass is 211 g/mol. The van der Waals surface area contributed by atoms with Gasteiger partial charge in [-0.05, 0) is 19.8 Å². The predicted molar refractivity (Wildman–Crippen MR) is 55.3 cm³/mol. The van der Waals surface area contributed by atoms with Gasteiger partial charge in [0.05, 0.1) is 0 Å². The maximum Gasteiger partial charge on any atom is 0.322 e. The molecule has 2 N–H and O–H groups in total. The summed E-state index contributed by atoms with van der Waals surface area (Å²) in [5.41, 5.74) is -0.652. The number of carbonyl (C=O) groups is 2. The lowest BCUT2D eigenvalue weighted by Crippen LogP contribution is -2.49. The van der Waals surface area contributed by atoms with Crippen molar-refractivity contribution in [2.75, 3.05) is 13.1 Å². The Hall–Kier alpha value is -1.10. The zero-order valence-electron chi connectivity index (χ0n) is 9.17. The molecule has 5 heteroatoms. The minimum Gasteiger partial charge on any atom is -0.322 e. The molecular weight excluding hydrogens is 194 g/mol. The number of urea groups is 1. The molecule has 15 heavy (non-hydrogen) atoms. The van der Waals surface area contributed by atoms with Crippen LogP contribution in [-0.4, -0.2) is 41.5 Å². The van der Waals surface area contributed by atoms with Crippen molar-refractivity contribution >= 4 is 11.9 Å². The van der Waals surface area contributed by atoms with Crippen molar-refractivity contribution in [1.29, 1.82) is 0 Å². The van der Waals surface area contributed by atoms with Gasteiger partial charge in [-0.3, -0.25) is 15.0 Å². The van der Waals surface area contributed by atoms with Crippen LogP contribution in [0.1, 0.15) is 26.7 Å². The molecule has 0 saturated carbocycles. The Kier molecular flexibility index (Phi) is 2.42. The lowest BCUT2D eigenvalue weighted by Gasteiger charge is -2.25. The third-order valence-electron chi connectivity index (χ3n) is 3.53. The molecule has 2 fully saturated rings. The molecule has 84 valence electrons. The number of hydrogen-bond acceptors (Lipinski definition) is 3. The van der Waals surface area contributed by atoms with Gasteiger partial charge >= 0.3 is 6.03 Å². The van der Waals surface area contributed by atoms with Gasteiger partial charge < -0.3 is 5.32 Å². The van der Waals surface area contributed by atoms with E-state index in [0.717, 1.165) is 19.4 Å². The first-order chi connectivity index (χ1) is 7.07. The zero-order chi connectivity index (χ0) is 11.1. The highest BCUT2D eigenvalue weighted by Crippen LogP contribution is 2.26. The Morgan fingerprint density at radius 1 is 1.53 bits per heavy atom. The van der Waals surface area contributed by atoms with Gasteiger partial charge in [0.25, 0.3) is 5.91 Å². The topological polar surface area (TPSA) is 61.4 Å². The fourth-order valence-electron chi connectivity index (χ4n) is 2.29. The lowest BCUT2D eigenvalue weighted by atomic mass is 9.99. The second kappa shape index (κ2) is 3.48. The number of rotatable bonds is 2. The molecule has 2 rings (SSSR count).